The minimum Gasteiger partial charge on any atom is -0.496 e. The van der Waals surface area contributed by atoms with E-state index in [9.17, 15) is 4.79 Å². The molecule has 1 saturated heterocycles. The molecule has 3 heterocycles. The van der Waals surface area contributed by atoms with E-state index in [0.717, 1.165) is 59.5 Å². The van der Waals surface area contributed by atoms with E-state index < -0.39 is 11.7 Å². The molecule has 0 bridgehead atoms. The maximum Gasteiger partial charge on any atom is 0.419 e. The smallest absolute Gasteiger partial charge is 0.419 e. The van der Waals surface area contributed by atoms with Crippen molar-refractivity contribution < 1.29 is 14.3 Å². The number of likely N-dealkylation sites (N-methyl/N-ethyl adjacent to an activating group) is 1. The van der Waals surface area contributed by atoms with Gasteiger partial charge in [-0.15, -0.1) is 10.2 Å². The van der Waals surface area contributed by atoms with Gasteiger partial charge in [0.15, 0.2) is 0 Å². The van der Waals surface area contributed by atoms with Gasteiger partial charge in [-0.05, 0) is 84.3 Å². The van der Waals surface area contributed by atoms with Crippen LogP contribution in [0.4, 0.5) is 4.79 Å². The molecule has 4 rings (SSSR count). The topological polar surface area (TPSA) is 69.5 Å². The first-order chi connectivity index (χ1) is 15.6. The molecule has 1 aliphatic heterocycles. The standard InChI is InChI=1S/C26H34N4O3/c1-16-11-17(2)23(22(12-16)32-7)20-13-21-24(28-27-20)19(18-9-8-10-29(6)14-18)15-30(21)25(31)33-26(3,4)5/h11-13,15,18H,8-10,14H2,1-7H3. The molecule has 1 aromatic carbocycles. The summed E-state index contributed by atoms with van der Waals surface area (Å²) in [6, 6.07) is 6.02. The van der Waals surface area contributed by atoms with Crippen LogP contribution in [0.1, 0.15) is 56.2 Å². The van der Waals surface area contributed by atoms with Crippen LogP contribution in [0.5, 0.6) is 5.75 Å². The number of fused-ring (bicyclic) bond motifs is 1. The lowest BCUT2D eigenvalue weighted by Gasteiger charge is -2.29. The van der Waals surface area contributed by atoms with E-state index in [0.29, 0.717) is 17.1 Å². The van der Waals surface area contributed by atoms with Crippen molar-refractivity contribution >= 4 is 17.1 Å². The summed E-state index contributed by atoms with van der Waals surface area (Å²) in [5, 5.41) is 9.23. The third-order valence-corrected chi connectivity index (χ3v) is 6.15. The molecular formula is C26H34N4O3. The van der Waals surface area contributed by atoms with Crippen LogP contribution < -0.4 is 4.74 Å². The molecule has 1 atom stereocenters. The van der Waals surface area contributed by atoms with E-state index in [1.807, 2.05) is 52.9 Å². The zero-order valence-corrected chi connectivity index (χ0v) is 20.7. The van der Waals surface area contributed by atoms with Gasteiger partial charge in [0.1, 0.15) is 16.9 Å². The second-order valence-corrected chi connectivity index (χ2v) is 10.2. The minimum absolute atomic E-state index is 0.297. The molecule has 1 aliphatic rings. The Bertz CT molecular complexity index is 1190. The first kappa shape index (κ1) is 23.2. The van der Waals surface area contributed by atoms with Gasteiger partial charge in [0, 0.05) is 29.8 Å². The van der Waals surface area contributed by atoms with Crippen molar-refractivity contribution in [2.45, 2.75) is 59.0 Å². The van der Waals surface area contributed by atoms with Gasteiger partial charge >= 0.3 is 6.09 Å². The number of methoxy groups -OCH3 is 1. The van der Waals surface area contributed by atoms with Crippen molar-refractivity contribution in [3.63, 3.8) is 0 Å². The van der Waals surface area contributed by atoms with E-state index >= 15 is 0 Å². The van der Waals surface area contributed by atoms with Gasteiger partial charge in [-0.3, -0.25) is 4.57 Å². The van der Waals surface area contributed by atoms with Crippen molar-refractivity contribution in [1.29, 1.82) is 0 Å². The molecule has 3 aromatic rings. The number of rotatable bonds is 3. The molecular weight excluding hydrogens is 416 g/mol. The lowest BCUT2D eigenvalue weighted by Crippen LogP contribution is -2.30. The Hall–Kier alpha value is -2.93. The number of carbonyl (C=O) groups excluding carboxylic acids is 1. The molecule has 0 spiro atoms. The zero-order chi connectivity index (χ0) is 23.9. The molecule has 176 valence electrons. The highest BCUT2D eigenvalue weighted by atomic mass is 16.6. The first-order valence-corrected chi connectivity index (χ1v) is 11.5. The highest BCUT2D eigenvalue weighted by molar-refractivity contribution is 5.92. The Kier molecular flexibility index (Phi) is 6.18. The van der Waals surface area contributed by atoms with Crippen LogP contribution in [0.2, 0.25) is 0 Å². The summed E-state index contributed by atoms with van der Waals surface area (Å²) >= 11 is 0. The molecule has 0 saturated carbocycles. The van der Waals surface area contributed by atoms with Gasteiger partial charge in [0.05, 0.1) is 18.3 Å². The Balaban J connectivity index is 1.89. The summed E-state index contributed by atoms with van der Waals surface area (Å²) in [6.45, 7) is 11.7. The third kappa shape index (κ3) is 4.74. The molecule has 0 amide bonds. The highest BCUT2D eigenvalue weighted by Crippen LogP contribution is 2.37. The maximum absolute atomic E-state index is 13.2. The van der Waals surface area contributed by atoms with Gasteiger partial charge in [-0.25, -0.2) is 4.79 Å². The predicted molar refractivity (Wildman–Crippen MR) is 130 cm³/mol. The van der Waals surface area contributed by atoms with Crippen molar-refractivity contribution in [3.05, 3.63) is 41.1 Å². The second-order valence-electron chi connectivity index (χ2n) is 10.2. The summed E-state index contributed by atoms with van der Waals surface area (Å²) in [6.07, 6.45) is 3.67. The summed E-state index contributed by atoms with van der Waals surface area (Å²) < 4.78 is 13.0. The first-order valence-electron chi connectivity index (χ1n) is 11.5. The molecule has 0 aliphatic carbocycles. The van der Waals surface area contributed by atoms with Crippen molar-refractivity contribution in [3.8, 4) is 17.0 Å². The Morgan fingerprint density at radius 1 is 1.15 bits per heavy atom. The van der Waals surface area contributed by atoms with Crippen LogP contribution in [-0.4, -0.2) is 58.6 Å². The van der Waals surface area contributed by atoms with E-state index in [4.69, 9.17) is 9.47 Å². The molecule has 0 radical (unpaired) electrons. The van der Waals surface area contributed by atoms with Gasteiger partial charge in [-0.1, -0.05) is 6.07 Å². The van der Waals surface area contributed by atoms with Crippen molar-refractivity contribution in [2.24, 2.45) is 0 Å². The monoisotopic (exact) mass is 450 g/mol. The molecule has 33 heavy (non-hydrogen) atoms. The van der Waals surface area contributed by atoms with Crippen molar-refractivity contribution in [2.75, 3.05) is 27.2 Å². The van der Waals surface area contributed by atoms with E-state index in [1.54, 1.807) is 11.7 Å². The number of aryl methyl sites for hydroxylation is 2. The largest absolute Gasteiger partial charge is 0.496 e. The lowest BCUT2D eigenvalue weighted by atomic mass is 9.92. The fourth-order valence-electron chi connectivity index (χ4n) is 4.76. The average Bonchev–Trinajstić information content (AvgIpc) is 3.11. The van der Waals surface area contributed by atoms with Crippen LogP contribution in [0.15, 0.2) is 24.4 Å². The summed E-state index contributed by atoms with van der Waals surface area (Å²) in [4.78, 5) is 15.5. The fourth-order valence-corrected chi connectivity index (χ4v) is 4.76. The van der Waals surface area contributed by atoms with Crippen molar-refractivity contribution in [1.82, 2.24) is 19.7 Å². The van der Waals surface area contributed by atoms with Crippen LogP contribution in [-0.2, 0) is 4.74 Å². The minimum atomic E-state index is -0.598. The molecule has 1 unspecified atom stereocenters. The van der Waals surface area contributed by atoms with Gasteiger partial charge in [0.25, 0.3) is 0 Å². The van der Waals surface area contributed by atoms with Crippen LogP contribution >= 0.6 is 0 Å². The number of hydrogen-bond donors (Lipinski definition) is 0. The summed E-state index contributed by atoms with van der Waals surface area (Å²) in [5.41, 5.74) is 5.63. The number of piperidine rings is 1. The van der Waals surface area contributed by atoms with Gasteiger partial charge < -0.3 is 14.4 Å². The predicted octanol–water partition coefficient (Wildman–Crippen LogP) is 5.32. The molecule has 7 nitrogen and oxygen atoms in total. The number of ether oxygens (including phenoxy) is 2. The number of carbonyl (C=O) groups is 1. The normalized spacial score (nSPS) is 17.4. The number of aromatic nitrogens is 3. The molecule has 1 fully saturated rings. The Labute approximate surface area is 195 Å². The molecule has 7 heteroatoms. The highest BCUT2D eigenvalue weighted by Gasteiger charge is 2.28. The second kappa shape index (κ2) is 8.78. The van der Waals surface area contributed by atoms with E-state index in [1.165, 1.54) is 0 Å². The molecule has 0 N–H and O–H groups in total. The average molecular weight is 451 g/mol. The summed E-state index contributed by atoms with van der Waals surface area (Å²) in [5.74, 6) is 1.04. The number of nitrogens with zero attached hydrogens (tertiary/aromatic N) is 4. The van der Waals surface area contributed by atoms with E-state index in [2.05, 4.69) is 28.2 Å². The van der Waals surface area contributed by atoms with E-state index in [-0.39, 0.29) is 0 Å². The van der Waals surface area contributed by atoms with Gasteiger partial charge in [-0.2, -0.15) is 0 Å². The fraction of sp³-hybridized carbons (Fsp3) is 0.500. The molecule has 2 aromatic heterocycles. The van der Waals surface area contributed by atoms with Crippen LogP contribution in [0.3, 0.4) is 0 Å². The van der Waals surface area contributed by atoms with Crippen LogP contribution in [0.25, 0.3) is 22.3 Å². The number of likely N-dealkylation sites (tertiary alicyclic amines) is 1. The third-order valence-electron chi connectivity index (χ3n) is 6.15. The van der Waals surface area contributed by atoms with Gasteiger partial charge in [0.2, 0.25) is 0 Å². The number of hydrogen-bond acceptors (Lipinski definition) is 6. The summed E-state index contributed by atoms with van der Waals surface area (Å²) in [7, 11) is 3.79. The Morgan fingerprint density at radius 3 is 2.58 bits per heavy atom. The zero-order valence-electron chi connectivity index (χ0n) is 20.7. The quantitative estimate of drug-likeness (QED) is 0.538. The SMILES string of the molecule is COc1cc(C)cc(C)c1-c1cc2c(nn1)c(C1CCCN(C)C1)cn2C(=O)OC(C)(C)C. The maximum atomic E-state index is 13.2. The lowest BCUT2D eigenvalue weighted by molar-refractivity contribution is 0.0544. The Morgan fingerprint density at radius 2 is 1.91 bits per heavy atom. The number of benzene rings is 1. The van der Waals surface area contributed by atoms with Crippen LogP contribution in [0, 0.1) is 13.8 Å².